The Bertz CT molecular complexity index is 960. The van der Waals surface area contributed by atoms with Crippen LogP contribution in [0, 0.1) is 12.7 Å². The summed E-state index contributed by atoms with van der Waals surface area (Å²) in [7, 11) is 0. The summed E-state index contributed by atoms with van der Waals surface area (Å²) in [6.07, 6.45) is 0. The molecular formula is C19H14ClFN2O. The fourth-order valence-electron chi connectivity index (χ4n) is 3.09. The third-order valence-corrected chi connectivity index (χ3v) is 4.45. The molecule has 0 radical (unpaired) electrons. The summed E-state index contributed by atoms with van der Waals surface area (Å²) in [5.41, 5.74) is 5.24. The fraction of sp³-hybridized carbons (Fsp3) is 0.158. The van der Waals surface area contributed by atoms with Crippen molar-refractivity contribution in [2.24, 2.45) is 4.99 Å². The Morgan fingerprint density at radius 2 is 1.83 bits per heavy atom. The first-order valence-corrected chi connectivity index (χ1v) is 8.02. The maximum atomic E-state index is 13.3. The van der Waals surface area contributed by atoms with E-state index < -0.39 is 0 Å². The zero-order valence-electron chi connectivity index (χ0n) is 13.2. The maximum Gasteiger partial charge on any atom is 0.169 e. The van der Waals surface area contributed by atoms with Gasteiger partial charge in [0.15, 0.2) is 5.76 Å². The van der Waals surface area contributed by atoms with E-state index in [1.165, 1.54) is 12.1 Å². The topological polar surface area (TPSA) is 38.4 Å². The summed E-state index contributed by atoms with van der Waals surface area (Å²) in [5, 5.41) is 4.71. The van der Waals surface area contributed by atoms with Gasteiger partial charge in [0.1, 0.15) is 11.9 Å². The summed E-state index contributed by atoms with van der Waals surface area (Å²) < 4.78 is 18.8. The van der Waals surface area contributed by atoms with Crippen molar-refractivity contribution < 1.29 is 8.91 Å². The van der Waals surface area contributed by atoms with Crippen LogP contribution in [-0.4, -0.2) is 10.9 Å². The van der Waals surface area contributed by atoms with Gasteiger partial charge in [-0.2, -0.15) is 0 Å². The molecule has 2 heterocycles. The lowest BCUT2D eigenvalue weighted by atomic mass is 9.93. The Labute approximate surface area is 143 Å². The van der Waals surface area contributed by atoms with E-state index in [0.717, 1.165) is 39.4 Å². The zero-order valence-corrected chi connectivity index (χ0v) is 13.9. The van der Waals surface area contributed by atoms with E-state index in [-0.39, 0.29) is 11.9 Å². The predicted molar refractivity (Wildman–Crippen MR) is 92.1 cm³/mol. The van der Waals surface area contributed by atoms with Gasteiger partial charge in [0.05, 0.1) is 17.0 Å². The molecule has 2 aromatic carbocycles. The molecule has 0 amide bonds. The fourth-order valence-corrected chi connectivity index (χ4v) is 3.26. The van der Waals surface area contributed by atoms with Gasteiger partial charge in [-0.15, -0.1) is 0 Å². The number of hydrogen-bond acceptors (Lipinski definition) is 3. The second-order valence-electron chi connectivity index (χ2n) is 5.86. The normalized spacial score (nSPS) is 16.2. The Morgan fingerprint density at radius 1 is 1.08 bits per heavy atom. The SMILES string of the molecule is Cc1noc2c1-c1ccc(Cl)cc1C(c1ccc(F)cc1)=N[C@@H]2C. The first-order valence-electron chi connectivity index (χ1n) is 7.65. The van der Waals surface area contributed by atoms with Crippen molar-refractivity contribution in [2.45, 2.75) is 19.9 Å². The van der Waals surface area contributed by atoms with Crippen LogP contribution in [0.2, 0.25) is 5.02 Å². The molecule has 120 valence electrons. The van der Waals surface area contributed by atoms with Crippen molar-refractivity contribution in [1.82, 2.24) is 5.16 Å². The molecule has 1 aromatic heterocycles. The highest BCUT2D eigenvalue weighted by atomic mass is 35.5. The number of hydrogen-bond donors (Lipinski definition) is 0. The molecule has 0 saturated heterocycles. The third kappa shape index (κ3) is 2.34. The molecule has 4 rings (SSSR count). The minimum atomic E-state index is -0.278. The number of fused-ring (bicyclic) bond motifs is 3. The van der Waals surface area contributed by atoms with Crippen molar-refractivity contribution in [2.75, 3.05) is 0 Å². The van der Waals surface area contributed by atoms with Gasteiger partial charge in [-0.05, 0) is 55.8 Å². The quantitative estimate of drug-likeness (QED) is 0.598. The molecule has 3 aromatic rings. The van der Waals surface area contributed by atoms with Crippen LogP contribution in [0.5, 0.6) is 0 Å². The highest BCUT2D eigenvalue weighted by Crippen LogP contribution is 2.40. The van der Waals surface area contributed by atoms with E-state index in [2.05, 4.69) is 5.16 Å². The highest BCUT2D eigenvalue weighted by Gasteiger charge is 2.28. The molecule has 3 nitrogen and oxygen atoms in total. The Balaban J connectivity index is 2.02. The Morgan fingerprint density at radius 3 is 2.58 bits per heavy atom. The van der Waals surface area contributed by atoms with Crippen molar-refractivity contribution in [3.8, 4) is 11.1 Å². The number of aryl methyl sites for hydroxylation is 1. The second-order valence-corrected chi connectivity index (χ2v) is 6.29. The average Bonchev–Trinajstić information content (AvgIpc) is 2.89. The van der Waals surface area contributed by atoms with Crippen molar-refractivity contribution in [1.29, 1.82) is 0 Å². The molecule has 0 N–H and O–H groups in total. The largest absolute Gasteiger partial charge is 0.358 e. The van der Waals surface area contributed by atoms with Crippen LogP contribution < -0.4 is 0 Å². The lowest BCUT2D eigenvalue weighted by Crippen LogP contribution is -2.05. The molecule has 1 aliphatic rings. The van der Waals surface area contributed by atoms with Crippen molar-refractivity contribution in [3.05, 3.63) is 75.9 Å². The first kappa shape index (κ1) is 15.1. The summed E-state index contributed by atoms with van der Waals surface area (Å²) in [6, 6.07) is 11.8. The van der Waals surface area contributed by atoms with Crippen molar-refractivity contribution >= 4 is 17.3 Å². The lowest BCUT2D eigenvalue weighted by molar-refractivity contribution is 0.366. The van der Waals surface area contributed by atoms with Crippen LogP contribution in [-0.2, 0) is 0 Å². The van der Waals surface area contributed by atoms with E-state index in [4.69, 9.17) is 21.1 Å². The van der Waals surface area contributed by atoms with Gasteiger partial charge in [-0.25, -0.2) is 4.39 Å². The summed E-state index contributed by atoms with van der Waals surface area (Å²) >= 11 is 6.23. The molecule has 0 unspecified atom stereocenters. The minimum Gasteiger partial charge on any atom is -0.358 e. The smallest absolute Gasteiger partial charge is 0.169 e. The van der Waals surface area contributed by atoms with E-state index >= 15 is 0 Å². The van der Waals surface area contributed by atoms with E-state index in [1.54, 1.807) is 12.1 Å². The first-order chi connectivity index (χ1) is 11.5. The number of rotatable bonds is 1. The van der Waals surface area contributed by atoms with Gasteiger partial charge in [-0.3, -0.25) is 4.99 Å². The number of halogens is 2. The van der Waals surface area contributed by atoms with E-state index in [0.29, 0.717) is 5.02 Å². The average molecular weight is 341 g/mol. The number of aliphatic imine (C=N–C) groups is 1. The standard InChI is InChI=1S/C19H14ClFN2O/c1-10-17-15-8-5-13(20)9-16(15)18(12-3-6-14(21)7-4-12)22-11(2)19(17)24-23-10/h3-9,11H,1-2H3/t11-/m1/s1. The monoisotopic (exact) mass is 340 g/mol. The molecule has 1 atom stereocenters. The minimum absolute atomic E-state index is 0.201. The second kappa shape index (κ2) is 5.56. The number of aromatic nitrogens is 1. The number of benzene rings is 2. The zero-order chi connectivity index (χ0) is 16.8. The van der Waals surface area contributed by atoms with E-state index in [9.17, 15) is 4.39 Å². The number of nitrogens with zero attached hydrogens (tertiary/aromatic N) is 2. The van der Waals surface area contributed by atoms with E-state index in [1.807, 2.05) is 32.0 Å². The predicted octanol–water partition coefficient (Wildman–Crippen LogP) is 5.35. The van der Waals surface area contributed by atoms with Crippen LogP contribution in [0.4, 0.5) is 4.39 Å². The van der Waals surface area contributed by atoms with Crippen LogP contribution >= 0.6 is 11.6 Å². The molecule has 5 heteroatoms. The highest BCUT2D eigenvalue weighted by molar-refractivity contribution is 6.31. The molecule has 0 saturated carbocycles. The molecule has 0 fully saturated rings. The summed E-state index contributed by atoms with van der Waals surface area (Å²) in [5.74, 6) is 0.451. The molecule has 0 bridgehead atoms. The summed E-state index contributed by atoms with van der Waals surface area (Å²) in [6.45, 7) is 3.87. The van der Waals surface area contributed by atoms with Gasteiger partial charge in [0.2, 0.25) is 0 Å². The van der Waals surface area contributed by atoms with Crippen LogP contribution in [0.15, 0.2) is 52.0 Å². The third-order valence-electron chi connectivity index (χ3n) is 4.22. The summed E-state index contributed by atoms with van der Waals surface area (Å²) in [4.78, 5) is 4.81. The van der Waals surface area contributed by atoms with Gasteiger partial charge < -0.3 is 4.52 Å². The van der Waals surface area contributed by atoms with Gasteiger partial charge in [0.25, 0.3) is 0 Å². The van der Waals surface area contributed by atoms with Crippen LogP contribution in [0.25, 0.3) is 11.1 Å². The van der Waals surface area contributed by atoms with Crippen LogP contribution in [0.1, 0.15) is 35.5 Å². The van der Waals surface area contributed by atoms with Crippen molar-refractivity contribution in [3.63, 3.8) is 0 Å². The molecule has 24 heavy (non-hydrogen) atoms. The Hall–Kier alpha value is -2.46. The molecule has 0 spiro atoms. The van der Waals surface area contributed by atoms with Gasteiger partial charge in [0, 0.05) is 16.1 Å². The molecular weight excluding hydrogens is 327 g/mol. The van der Waals surface area contributed by atoms with Crippen LogP contribution in [0.3, 0.4) is 0 Å². The lowest BCUT2D eigenvalue weighted by Gasteiger charge is -2.11. The van der Waals surface area contributed by atoms with Gasteiger partial charge >= 0.3 is 0 Å². The molecule has 1 aliphatic heterocycles. The van der Waals surface area contributed by atoms with Gasteiger partial charge in [-0.1, -0.05) is 22.8 Å². The maximum absolute atomic E-state index is 13.3. The Kier molecular flexibility index (Phi) is 3.50. The molecule has 0 aliphatic carbocycles.